The van der Waals surface area contributed by atoms with E-state index in [0.29, 0.717) is 12.4 Å². The van der Waals surface area contributed by atoms with Crippen LogP contribution in [0.15, 0.2) is 0 Å². The van der Waals surface area contributed by atoms with Crippen LogP contribution < -0.4 is 11.3 Å². The van der Waals surface area contributed by atoms with Crippen LogP contribution in [0.5, 0.6) is 0 Å². The van der Waals surface area contributed by atoms with Gasteiger partial charge in [0.25, 0.3) is 0 Å². The molecule has 0 bridgehead atoms. The number of rotatable bonds is 5. The average Bonchev–Trinajstić information content (AvgIpc) is 2.29. The van der Waals surface area contributed by atoms with Crippen molar-refractivity contribution in [2.75, 3.05) is 12.0 Å². The topological polar surface area (TPSA) is 73.1 Å². The molecule has 6 heteroatoms. The van der Waals surface area contributed by atoms with E-state index in [1.54, 1.807) is 6.92 Å². The first kappa shape index (κ1) is 13.8. The highest BCUT2D eigenvalue weighted by Gasteiger charge is 2.22. The summed E-state index contributed by atoms with van der Waals surface area (Å²) in [5.74, 6) is 5.34. The van der Waals surface area contributed by atoms with E-state index in [4.69, 9.17) is 10.6 Å². The van der Waals surface area contributed by atoms with Crippen LogP contribution in [0.1, 0.15) is 38.4 Å². The van der Waals surface area contributed by atoms with E-state index in [1.165, 1.54) is 0 Å². The Morgan fingerprint density at radius 1 is 1.41 bits per heavy atom. The summed E-state index contributed by atoms with van der Waals surface area (Å²) in [4.78, 5) is 8.16. The van der Waals surface area contributed by atoms with Crippen LogP contribution in [-0.4, -0.2) is 16.6 Å². The largest absolute Gasteiger partial charge is 0.370 e. The van der Waals surface area contributed by atoms with Crippen molar-refractivity contribution in [1.29, 1.82) is 0 Å². The minimum absolute atomic E-state index is 0.00199. The molecule has 1 atom stereocenters. The first-order valence-corrected chi connectivity index (χ1v) is 5.63. The number of anilines is 1. The van der Waals surface area contributed by atoms with Gasteiger partial charge in [0.15, 0.2) is 17.5 Å². The predicted molar refractivity (Wildman–Crippen MR) is 63.7 cm³/mol. The Balaban J connectivity index is 3.15. The first-order valence-electron chi connectivity index (χ1n) is 5.63. The molecule has 1 aromatic heterocycles. The molecule has 1 heterocycles. The number of halogens is 1. The Bertz CT molecular complexity index is 384. The van der Waals surface area contributed by atoms with Crippen molar-refractivity contribution >= 4 is 5.82 Å². The highest BCUT2D eigenvalue weighted by molar-refractivity contribution is 5.36. The van der Waals surface area contributed by atoms with E-state index >= 15 is 0 Å². The molecule has 1 unspecified atom stereocenters. The zero-order chi connectivity index (χ0) is 13.0. The first-order chi connectivity index (χ1) is 8.01. The SMILES string of the molecule is CCOC(c1nc(C)c(F)c(NN)n1)C(C)C. The maximum Gasteiger partial charge on any atom is 0.187 e. The number of hydrazine groups is 1. The van der Waals surface area contributed by atoms with Crippen LogP contribution in [0, 0.1) is 18.7 Å². The van der Waals surface area contributed by atoms with Crippen molar-refractivity contribution < 1.29 is 9.13 Å². The lowest BCUT2D eigenvalue weighted by Gasteiger charge is -2.20. The fraction of sp³-hybridized carbons (Fsp3) is 0.636. The van der Waals surface area contributed by atoms with Crippen molar-refractivity contribution in [2.45, 2.75) is 33.8 Å². The standard InChI is InChI=1S/C11H19FN4O/c1-5-17-9(6(2)3)11-14-7(4)8(12)10(15-11)16-13/h6,9H,5,13H2,1-4H3,(H,14,15,16). The van der Waals surface area contributed by atoms with E-state index in [9.17, 15) is 4.39 Å². The highest BCUT2D eigenvalue weighted by atomic mass is 19.1. The van der Waals surface area contributed by atoms with Gasteiger partial charge in [-0.1, -0.05) is 13.8 Å². The molecule has 0 aliphatic carbocycles. The van der Waals surface area contributed by atoms with Crippen LogP contribution in [-0.2, 0) is 4.74 Å². The number of aromatic nitrogens is 2. The molecular formula is C11H19FN4O. The van der Waals surface area contributed by atoms with E-state index < -0.39 is 5.82 Å². The third-order valence-corrected chi connectivity index (χ3v) is 2.38. The summed E-state index contributed by atoms with van der Waals surface area (Å²) in [7, 11) is 0. The van der Waals surface area contributed by atoms with Gasteiger partial charge in [-0.2, -0.15) is 0 Å². The molecule has 0 aromatic carbocycles. The monoisotopic (exact) mass is 242 g/mol. The van der Waals surface area contributed by atoms with Gasteiger partial charge in [-0.3, -0.25) is 0 Å². The number of nitrogens with zero attached hydrogens (tertiary/aromatic N) is 2. The molecular weight excluding hydrogens is 223 g/mol. The van der Waals surface area contributed by atoms with E-state index in [2.05, 4.69) is 15.4 Å². The predicted octanol–water partition coefficient (Wildman–Crippen LogP) is 1.94. The number of hydrogen-bond donors (Lipinski definition) is 2. The minimum Gasteiger partial charge on any atom is -0.370 e. The van der Waals surface area contributed by atoms with Crippen molar-refractivity contribution in [1.82, 2.24) is 9.97 Å². The number of aryl methyl sites for hydroxylation is 1. The molecule has 0 radical (unpaired) electrons. The van der Waals surface area contributed by atoms with Gasteiger partial charge in [-0.25, -0.2) is 20.2 Å². The molecule has 96 valence electrons. The van der Waals surface area contributed by atoms with Gasteiger partial charge in [-0.15, -0.1) is 0 Å². The lowest BCUT2D eigenvalue weighted by atomic mass is 10.1. The lowest BCUT2D eigenvalue weighted by molar-refractivity contribution is 0.0230. The van der Waals surface area contributed by atoms with Crippen LogP contribution in [0.2, 0.25) is 0 Å². The van der Waals surface area contributed by atoms with E-state index in [-0.39, 0.29) is 23.5 Å². The van der Waals surface area contributed by atoms with Crippen molar-refractivity contribution in [2.24, 2.45) is 11.8 Å². The number of nitrogen functional groups attached to an aromatic ring is 1. The maximum atomic E-state index is 13.5. The van der Waals surface area contributed by atoms with Crippen molar-refractivity contribution in [3.05, 3.63) is 17.3 Å². The second-order valence-electron chi connectivity index (χ2n) is 4.09. The summed E-state index contributed by atoms with van der Waals surface area (Å²) < 4.78 is 19.1. The lowest BCUT2D eigenvalue weighted by Crippen LogP contribution is -2.19. The van der Waals surface area contributed by atoms with Crippen LogP contribution >= 0.6 is 0 Å². The smallest absolute Gasteiger partial charge is 0.187 e. The summed E-state index contributed by atoms with van der Waals surface area (Å²) in [6.07, 6.45) is -0.258. The average molecular weight is 242 g/mol. The fourth-order valence-corrected chi connectivity index (χ4v) is 1.55. The second kappa shape index (κ2) is 5.88. The molecule has 0 saturated heterocycles. The quantitative estimate of drug-likeness (QED) is 0.610. The summed E-state index contributed by atoms with van der Waals surface area (Å²) in [5.41, 5.74) is 2.49. The summed E-state index contributed by atoms with van der Waals surface area (Å²) in [6.45, 7) is 8.02. The Kier molecular flexibility index (Phi) is 4.77. The Labute approximate surface area is 101 Å². The Morgan fingerprint density at radius 2 is 2.06 bits per heavy atom. The Morgan fingerprint density at radius 3 is 2.53 bits per heavy atom. The Hall–Kier alpha value is -1.27. The van der Waals surface area contributed by atoms with E-state index in [0.717, 1.165) is 0 Å². The number of hydrogen-bond acceptors (Lipinski definition) is 5. The molecule has 3 N–H and O–H groups in total. The molecule has 0 aliphatic rings. The highest BCUT2D eigenvalue weighted by Crippen LogP contribution is 2.25. The van der Waals surface area contributed by atoms with Gasteiger partial charge in [-0.05, 0) is 19.8 Å². The maximum absolute atomic E-state index is 13.5. The van der Waals surface area contributed by atoms with Gasteiger partial charge in [0.2, 0.25) is 0 Å². The van der Waals surface area contributed by atoms with Crippen molar-refractivity contribution in [3.8, 4) is 0 Å². The van der Waals surface area contributed by atoms with Crippen LogP contribution in [0.3, 0.4) is 0 Å². The number of nitrogens with one attached hydrogen (secondary N) is 1. The molecule has 0 aliphatic heterocycles. The van der Waals surface area contributed by atoms with Crippen LogP contribution in [0.25, 0.3) is 0 Å². The molecule has 17 heavy (non-hydrogen) atoms. The molecule has 5 nitrogen and oxygen atoms in total. The third-order valence-electron chi connectivity index (χ3n) is 2.38. The fourth-order valence-electron chi connectivity index (χ4n) is 1.55. The summed E-state index contributed by atoms with van der Waals surface area (Å²) in [5, 5.41) is 0. The third kappa shape index (κ3) is 3.10. The summed E-state index contributed by atoms with van der Waals surface area (Å²) >= 11 is 0. The van der Waals surface area contributed by atoms with E-state index in [1.807, 2.05) is 20.8 Å². The zero-order valence-electron chi connectivity index (χ0n) is 10.6. The summed E-state index contributed by atoms with van der Waals surface area (Å²) in [6, 6.07) is 0. The van der Waals surface area contributed by atoms with Gasteiger partial charge >= 0.3 is 0 Å². The van der Waals surface area contributed by atoms with Crippen molar-refractivity contribution in [3.63, 3.8) is 0 Å². The number of ether oxygens (including phenoxy) is 1. The van der Waals surface area contributed by atoms with Gasteiger partial charge < -0.3 is 10.2 Å². The molecule has 0 saturated carbocycles. The molecule has 1 aromatic rings. The number of nitrogens with two attached hydrogens (primary N) is 1. The second-order valence-corrected chi connectivity index (χ2v) is 4.09. The van der Waals surface area contributed by atoms with Gasteiger partial charge in [0, 0.05) is 6.61 Å². The minimum atomic E-state index is -0.532. The van der Waals surface area contributed by atoms with Gasteiger partial charge in [0.1, 0.15) is 6.10 Å². The molecule has 1 rings (SSSR count). The molecule has 0 fully saturated rings. The van der Waals surface area contributed by atoms with Gasteiger partial charge in [0.05, 0.1) is 5.69 Å². The zero-order valence-corrected chi connectivity index (χ0v) is 10.6. The normalized spacial score (nSPS) is 12.9. The molecule has 0 spiro atoms. The van der Waals surface area contributed by atoms with Crippen LogP contribution in [0.4, 0.5) is 10.2 Å². The molecule has 0 amide bonds.